The monoisotopic (exact) mass is 178 g/mol. The van der Waals surface area contributed by atoms with Crippen molar-refractivity contribution in [3.63, 3.8) is 0 Å². The lowest BCUT2D eigenvalue weighted by atomic mass is 10.2. The molecule has 1 aromatic heterocycles. The van der Waals surface area contributed by atoms with E-state index in [2.05, 4.69) is 11.1 Å². The van der Waals surface area contributed by atoms with Gasteiger partial charge in [0.05, 0.1) is 11.6 Å². The van der Waals surface area contributed by atoms with Gasteiger partial charge in [0.1, 0.15) is 0 Å². The zero-order valence-corrected chi connectivity index (χ0v) is 7.06. The van der Waals surface area contributed by atoms with Gasteiger partial charge in [-0.25, -0.2) is 0 Å². The zero-order chi connectivity index (χ0) is 7.68. The number of rotatable bonds is 0. The lowest BCUT2D eigenvalue weighted by Crippen LogP contribution is -1.71. The number of hydrogen-bond acceptors (Lipinski definition) is 1. The van der Waals surface area contributed by atoms with Gasteiger partial charge in [0, 0.05) is 17.1 Å². The fraction of sp³-hybridized carbons (Fsp3) is 0. The van der Waals surface area contributed by atoms with Crippen molar-refractivity contribution in [2.45, 2.75) is 0 Å². The number of hydrogen-bond donors (Lipinski definition) is 1. The Hall–Kier alpha value is -1.46. The summed E-state index contributed by atoms with van der Waals surface area (Å²) in [6, 6.07) is 9.63. The maximum Gasteiger partial charge on any atom is 0.0991 e. The van der Waals surface area contributed by atoms with Crippen LogP contribution in [0.15, 0.2) is 30.5 Å². The van der Waals surface area contributed by atoms with E-state index in [4.69, 9.17) is 5.26 Å². The number of halogens is 1. The highest BCUT2D eigenvalue weighted by Gasteiger charge is 1.94. The maximum atomic E-state index is 8.57. The van der Waals surface area contributed by atoms with E-state index in [0.29, 0.717) is 5.56 Å². The van der Waals surface area contributed by atoms with Gasteiger partial charge in [-0.3, -0.25) is 0 Å². The van der Waals surface area contributed by atoms with Crippen molar-refractivity contribution in [2.75, 3.05) is 0 Å². The minimum absolute atomic E-state index is 0. The molecule has 0 atom stereocenters. The third kappa shape index (κ3) is 1.27. The van der Waals surface area contributed by atoms with Crippen LogP contribution in [-0.4, -0.2) is 4.98 Å². The Morgan fingerprint density at radius 1 is 1.25 bits per heavy atom. The first kappa shape index (κ1) is 8.63. The standard InChI is InChI=1S/C9H6N2.ClH/c10-6-7-1-2-9-8(5-7)3-4-11-9;/h1-5,11H;1H. The van der Waals surface area contributed by atoms with Crippen LogP contribution in [0.3, 0.4) is 0 Å². The van der Waals surface area contributed by atoms with Crippen LogP contribution in [0, 0.1) is 11.3 Å². The Labute approximate surface area is 76.2 Å². The summed E-state index contributed by atoms with van der Waals surface area (Å²) >= 11 is 0. The van der Waals surface area contributed by atoms with Gasteiger partial charge in [0.25, 0.3) is 0 Å². The van der Waals surface area contributed by atoms with Gasteiger partial charge in [-0.15, -0.1) is 12.4 Å². The molecular formula is C9H7ClN2. The third-order valence-electron chi connectivity index (χ3n) is 1.68. The first-order valence-corrected chi connectivity index (χ1v) is 3.37. The van der Waals surface area contributed by atoms with Crippen molar-refractivity contribution in [3.8, 4) is 6.07 Å². The molecule has 2 aromatic rings. The van der Waals surface area contributed by atoms with E-state index in [1.807, 2.05) is 24.4 Å². The van der Waals surface area contributed by atoms with E-state index >= 15 is 0 Å². The van der Waals surface area contributed by atoms with Crippen molar-refractivity contribution in [2.24, 2.45) is 0 Å². The Balaban J connectivity index is 0.000000720. The van der Waals surface area contributed by atoms with Gasteiger partial charge in [0.15, 0.2) is 0 Å². The van der Waals surface area contributed by atoms with Crippen molar-refractivity contribution in [3.05, 3.63) is 36.0 Å². The van der Waals surface area contributed by atoms with E-state index in [9.17, 15) is 0 Å². The molecule has 3 heteroatoms. The fourth-order valence-corrected chi connectivity index (χ4v) is 1.12. The largest absolute Gasteiger partial charge is 0.361 e. The molecule has 2 rings (SSSR count). The van der Waals surface area contributed by atoms with Crippen LogP contribution in [0.5, 0.6) is 0 Å². The van der Waals surface area contributed by atoms with Gasteiger partial charge >= 0.3 is 0 Å². The molecule has 0 unspecified atom stereocenters. The van der Waals surface area contributed by atoms with Crippen LogP contribution >= 0.6 is 12.4 Å². The topological polar surface area (TPSA) is 39.6 Å². The first-order valence-electron chi connectivity index (χ1n) is 3.37. The first-order chi connectivity index (χ1) is 5.40. The minimum atomic E-state index is 0. The van der Waals surface area contributed by atoms with E-state index in [1.54, 1.807) is 6.07 Å². The normalized spacial score (nSPS) is 8.92. The van der Waals surface area contributed by atoms with E-state index in [1.165, 1.54) is 0 Å². The molecule has 1 aromatic carbocycles. The Kier molecular flexibility index (Phi) is 2.37. The predicted molar refractivity (Wildman–Crippen MR) is 50.3 cm³/mol. The van der Waals surface area contributed by atoms with Gasteiger partial charge in [-0.2, -0.15) is 5.26 Å². The molecular weight excluding hydrogens is 172 g/mol. The smallest absolute Gasteiger partial charge is 0.0991 e. The lowest BCUT2D eigenvalue weighted by molar-refractivity contribution is 1.47. The summed E-state index contributed by atoms with van der Waals surface area (Å²) in [7, 11) is 0. The third-order valence-corrected chi connectivity index (χ3v) is 1.68. The molecule has 0 bridgehead atoms. The molecule has 0 aliphatic rings. The highest BCUT2D eigenvalue weighted by atomic mass is 35.5. The molecule has 0 saturated carbocycles. The summed E-state index contributed by atoms with van der Waals surface area (Å²) in [6.07, 6.45) is 1.87. The summed E-state index contributed by atoms with van der Waals surface area (Å²) in [4.78, 5) is 3.06. The lowest BCUT2D eigenvalue weighted by Gasteiger charge is -1.88. The van der Waals surface area contributed by atoms with Crippen LogP contribution in [-0.2, 0) is 0 Å². The molecule has 0 spiro atoms. The number of aromatic nitrogens is 1. The molecule has 0 aliphatic carbocycles. The summed E-state index contributed by atoms with van der Waals surface area (Å²) in [5.41, 5.74) is 1.78. The summed E-state index contributed by atoms with van der Waals surface area (Å²) < 4.78 is 0. The van der Waals surface area contributed by atoms with Crippen LogP contribution in [0.25, 0.3) is 10.9 Å². The average Bonchev–Trinajstić information content (AvgIpc) is 2.50. The highest BCUT2D eigenvalue weighted by Crippen LogP contribution is 2.12. The number of fused-ring (bicyclic) bond motifs is 1. The van der Waals surface area contributed by atoms with Gasteiger partial charge in [-0.1, -0.05) is 0 Å². The van der Waals surface area contributed by atoms with Gasteiger partial charge in [-0.05, 0) is 24.3 Å². The highest BCUT2D eigenvalue weighted by molar-refractivity contribution is 5.85. The molecule has 60 valence electrons. The Morgan fingerprint density at radius 3 is 2.83 bits per heavy atom. The number of nitriles is 1. The van der Waals surface area contributed by atoms with Crippen molar-refractivity contribution < 1.29 is 0 Å². The Bertz CT molecular complexity index is 425. The molecule has 0 saturated heterocycles. The Morgan fingerprint density at radius 2 is 2.08 bits per heavy atom. The average molecular weight is 179 g/mol. The van der Waals surface area contributed by atoms with E-state index in [-0.39, 0.29) is 12.4 Å². The van der Waals surface area contributed by atoms with Crippen molar-refractivity contribution >= 4 is 23.3 Å². The number of nitrogens with one attached hydrogen (secondary N) is 1. The van der Waals surface area contributed by atoms with Crippen LogP contribution in [0.4, 0.5) is 0 Å². The quantitative estimate of drug-likeness (QED) is 0.662. The molecule has 0 radical (unpaired) electrons. The maximum absolute atomic E-state index is 8.57. The summed E-state index contributed by atoms with van der Waals surface area (Å²) in [6.45, 7) is 0. The SMILES string of the molecule is Cl.N#Cc1ccc2[nH]ccc2c1. The predicted octanol–water partition coefficient (Wildman–Crippen LogP) is 2.46. The number of aromatic amines is 1. The van der Waals surface area contributed by atoms with Gasteiger partial charge < -0.3 is 4.98 Å². The second-order valence-corrected chi connectivity index (χ2v) is 2.39. The molecule has 0 aliphatic heterocycles. The van der Waals surface area contributed by atoms with Crippen molar-refractivity contribution in [1.82, 2.24) is 4.98 Å². The molecule has 0 amide bonds. The fourth-order valence-electron chi connectivity index (χ4n) is 1.12. The van der Waals surface area contributed by atoms with Crippen molar-refractivity contribution in [1.29, 1.82) is 5.26 Å². The van der Waals surface area contributed by atoms with Gasteiger partial charge in [0.2, 0.25) is 0 Å². The van der Waals surface area contributed by atoms with Crippen LogP contribution < -0.4 is 0 Å². The zero-order valence-electron chi connectivity index (χ0n) is 6.24. The summed E-state index contributed by atoms with van der Waals surface area (Å²) in [5.74, 6) is 0. The summed E-state index contributed by atoms with van der Waals surface area (Å²) in [5, 5.41) is 9.66. The number of H-pyrrole nitrogens is 1. The number of benzene rings is 1. The molecule has 0 fully saturated rings. The van der Waals surface area contributed by atoms with E-state index < -0.39 is 0 Å². The minimum Gasteiger partial charge on any atom is -0.361 e. The molecule has 2 nitrogen and oxygen atoms in total. The second-order valence-electron chi connectivity index (χ2n) is 2.39. The van der Waals surface area contributed by atoms with Crippen LogP contribution in [0.1, 0.15) is 5.56 Å². The van der Waals surface area contributed by atoms with E-state index in [0.717, 1.165) is 10.9 Å². The molecule has 12 heavy (non-hydrogen) atoms. The second kappa shape index (κ2) is 3.29. The van der Waals surface area contributed by atoms with Crippen LogP contribution in [0.2, 0.25) is 0 Å². The number of nitrogens with zero attached hydrogens (tertiary/aromatic N) is 1. The molecule has 1 heterocycles. The molecule has 1 N–H and O–H groups in total.